The van der Waals surface area contributed by atoms with Gasteiger partial charge in [0.2, 0.25) is 0 Å². The van der Waals surface area contributed by atoms with Crippen LogP contribution < -0.4 is 5.32 Å². The zero-order valence-corrected chi connectivity index (χ0v) is 16.9. The largest absolute Gasteiger partial charge is 0.340 e. The standard InChI is InChI=1S/C18H29N5O.2ClH/c24-17(18(6-9-19-10-7-18)23-13-3-8-20-23)22-14-4-16(5-15-22)21-11-1-2-12-21;;/h3,8,13,16,19H,1-2,4-7,9-12,14-15H2;2*1H. The summed E-state index contributed by atoms with van der Waals surface area (Å²) in [5.41, 5.74) is -0.477. The van der Waals surface area contributed by atoms with Crippen LogP contribution in [0.2, 0.25) is 0 Å². The first-order valence-electron chi connectivity index (χ1n) is 9.54. The van der Waals surface area contributed by atoms with E-state index in [1.165, 1.54) is 25.9 Å². The van der Waals surface area contributed by atoms with Crippen molar-refractivity contribution >= 4 is 30.7 Å². The number of likely N-dealkylation sites (tertiary alicyclic amines) is 2. The highest BCUT2D eigenvalue weighted by Crippen LogP contribution is 2.31. The molecule has 1 aromatic heterocycles. The molecule has 0 unspecified atom stereocenters. The first-order valence-corrected chi connectivity index (χ1v) is 9.54. The van der Waals surface area contributed by atoms with E-state index < -0.39 is 5.54 Å². The summed E-state index contributed by atoms with van der Waals surface area (Å²) in [5.74, 6) is 0.285. The van der Waals surface area contributed by atoms with Gasteiger partial charge in [-0.15, -0.1) is 24.8 Å². The number of rotatable bonds is 3. The zero-order valence-electron chi connectivity index (χ0n) is 15.3. The molecule has 0 radical (unpaired) electrons. The van der Waals surface area contributed by atoms with Crippen LogP contribution in [0.5, 0.6) is 0 Å². The minimum atomic E-state index is -0.477. The highest BCUT2D eigenvalue weighted by Gasteiger charge is 2.45. The molecule has 8 heteroatoms. The van der Waals surface area contributed by atoms with E-state index in [9.17, 15) is 4.79 Å². The SMILES string of the molecule is Cl.Cl.O=C(N1CCC(N2CCCC2)CC1)C1(n2cccn2)CCNCC1. The molecule has 3 aliphatic rings. The molecule has 3 fully saturated rings. The lowest BCUT2D eigenvalue weighted by molar-refractivity contribution is -0.144. The molecule has 0 saturated carbocycles. The second-order valence-corrected chi connectivity index (χ2v) is 7.50. The lowest BCUT2D eigenvalue weighted by atomic mass is 9.86. The van der Waals surface area contributed by atoms with Gasteiger partial charge >= 0.3 is 0 Å². The van der Waals surface area contributed by atoms with E-state index in [4.69, 9.17) is 0 Å². The number of hydrogen-bond acceptors (Lipinski definition) is 4. The van der Waals surface area contributed by atoms with E-state index in [0.717, 1.165) is 51.9 Å². The van der Waals surface area contributed by atoms with Crippen LogP contribution in [0.4, 0.5) is 0 Å². The molecule has 1 N–H and O–H groups in total. The highest BCUT2D eigenvalue weighted by atomic mass is 35.5. The smallest absolute Gasteiger partial charge is 0.250 e. The summed E-state index contributed by atoms with van der Waals surface area (Å²) in [6.45, 7) is 6.07. The molecule has 4 rings (SSSR count). The first kappa shape index (κ1) is 21.5. The topological polar surface area (TPSA) is 53.4 Å². The van der Waals surface area contributed by atoms with Crippen molar-refractivity contribution in [2.75, 3.05) is 39.3 Å². The van der Waals surface area contributed by atoms with Crippen LogP contribution in [-0.4, -0.2) is 70.8 Å². The molecule has 1 aromatic rings. The molecule has 148 valence electrons. The fraction of sp³-hybridized carbons (Fsp3) is 0.778. The van der Waals surface area contributed by atoms with Gasteiger partial charge in [-0.3, -0.25) is 9.48 Å². The van der Waals surface area contributed by atoms with Gasteiger partial charge in [0.25, 0.3) is 5.91 Å². The van der Waals surface area contributed by atoms with Crippen molar-refractivity contribution < 1.29 is 4.79 Å². The number of nitrogens with zero attached hydrogens (tertiary/aromatic N) is 4. The van der Waals surface area contributed by atoms with Gasteiger partial charge < -0.3 is 15.1 Å². The normalized spacial score (nSPS) is 23.9. The molecule has 0 atom stereocenters. The molecule has 1 amide bonds. The molecule has 0 aliphatic carbocycles. The Morgan fingerprint density at radius 3 is 2.27 bits per heavy atom. The second kappa shape index (κ2) is 9.40. The van der Waals surface area contributed by atoms with Gasteiger partial charge in [0.1, 0.15) is 5.54 Å². The lowest BCUT2D eigenvalue weighted by Crippen LogP contribution is -2.58. The Bertz CT molecular complexity index is 548. The number of nitrogens with one attached hydrogen (secondary N) is 1. The molecule has 26 heavy (non-hydrogen) atoms. The van der Waals surface area contributed by atoms with Crippen molar-refractivity contribution in [3.63, 3.8) is 0 Å². The van der Waals surface area contributed by atoms with Gasteiger partial charge in [0, 0.05) is 31.5 Å². The number of piperidine rings is 2. The highest BCUT2D eigenvalue weighted by molar-refractivity contribution is 5.86. The molecule has 4 heterocycles. The number of aromatic nitrogens is 2. The maximum absolute atomic E-state index is 13.4. The summed E-state index contributed by atoms with van der Waals surface area (Å²) in [7, 11) is 0. The van der Waals surface area contributed by atoms with Gasteiger partial charge in [-0.1, -0.05) is 0 Å². The quantitative estimate of drug-likeness (QED) is 0.836. The average Bonchev–Trinajstić information content (AvgIpc) is 3.35. The Kier molecular flexibility index (Phi) is 7.76. The van der Waals surface area contributed by atoms with Crippen molar-refractivity contribution in [1.82, 2.24) is 24.9 Å². The van der Waals surface area contributed by atoms with Crippen LogP contribution in [-0.2, 0) is 10.3 Å². The van der Waals surface area contributed by atoms with E-state index in [0.29, 0.717) is 6.04 Å². The van der Waals surface area contributed by atoms with E-state index in [2.05, 4.69) is 20.2 Å². The minimum Gasteiger partial charge on any atom is -0.340 e. The van der Waals surface area contributed by atoms with Crippen LogP contribution in [0, 0.1) is 0 Å². The predicted octanol–water partition coefficient (Wildman–Crippen LogP) is 1.89. The average molecular weight is 404 g/mol. The van der Waals surface area contributed by atoms with Crippen LogP contribution in [0.3, 0.4) is 0 Å². The molecular formula is C18H31Cl2N5O. The van der Waals surface area contributed by atoms with Gasteiger partial charge in [0.05, 0.1) is 0 Å². The summed E-state index contributed by atoms with van der Waals surface area (Å²) >= 11 is 0. The Morgan fingerprint density at radius 2 is 1.69 bits per heavy atom. The van der Waals surface area contributed by atoms with Crippen molar-refractivity contribution in [2.24, 2.45) is 0 Å². The van der Waals surface area contributed by atoms with Crippen molar-refractivity contribution in [3.05, 3.63) is 18.5 Å². The summed E-state index contributed by atoms with van der Waals surface area (Å²) in [5, 5.41) is 7.82. The van der Waals surface area contributed by atoms with Crippen LogP contribution in [0.15, 0.2) is 18.5 Å². The van der Waals surface area contributed by atoms with E-state index in [1.54, 1.807) is 6.20 Å². The second-order valence-electron chi connectivity index (χ2n) is 7.50. The molecule has 6 nitrogen and oxygen atoms in total. The zero-order chi connectivity index (χ0) is 16.4. The Balaban J connectivity index is 0.00000121. The Hall–Kier alpha value is -0.820. The minimum absolute atomic E-state index is 0. The third-order valence-corrected chi connectivity index (χ3v) is 6.18. The maximum Gasteiger partial charge on any atom is 0.250 e. The number of carbonyl (C=O) groups is 1. The van der Waals surface area contributed by atoms with Crippen LogP contribution >= 0.6 is 24.8 Å². The van der Waals surface area contributed by atoms with E-state index in [-0.39, 0.29) is 30.7 Å². The van der Waals surface area contributed by atoms with Gasteiger partial charge in [-0.2, -0.15) is 5.10 Å². The summed E-state index contributed by atoms with van der Waals surface area (Å²) in [6.07, 6.45) is 10.3. The molecule has 0 spiro atoms. The van der Waals surface area contributed by atoms with Gasteiger partial charge in [-0.05, 0) is 70.8 Å². The van der Waals surface area contributed by atoms with Crippen molar-refractivity contribution in [1.29, 1.82) is 0 Å². The van der Waals surface area contributed by atoms with Gasteiger partial charge in [0.15, 0.2) is 0 Å². The van der Waals surface area contributed by atoms with Crippen molar-refractivity contribution in [3.8, 4) is 0 Å². The van der Waals surface area contributed by atoms with E-state index >= 15 is 0 Å². The number of hydrogen-bond donors (Lipinski definition) is 1. The van der Waals surface area contributed by atoms with Gasteiger partial charge in [-0.25, -0.2) is 0 Å². The fourth-order valence-corrected chi connectivity index (χ4v) is 4.74. The summed E-state index contributed by atoms with van der Waals surface area (Å²) < 4.78 is 1.92. The predicted molar refractivity (Wildman–Crippen MR) is 107 cm³/mol. The third kappa shape index (κ3) is 4.03. The van der Waals surface area contributed by atoms with Crippen molar-refractivity contribution in [2.45, 2.75) is 50.1 Å². The number of amides is 1. The number of carbonyl (C=O) groups excluding carboxylic acids is 1. The Morgan fingerprint density at radius 1 is 1.04 bits per heavy atom. The molecule has 3 saturated heterocycles. The lowest BCUT2D eigenvalue weighted by Gasteiger charge is -2.43. The first-order chi connectivity index (χ1) is 11.8. The number of halogens is 2. The monoisotopic (exact) mass is 403 g/mol. The molecular weight excluding hydrogens is 373 g/mol. The molecule has 0 aromatic carbocycles. The maximum atomic E-state index is 13.4. The summed E-state index contributed by atoms with van der Waals surface area (Å²) in [6, 6.07) is 2.61. The van der Waals surface area contributed by atoms with Crippen LogP contribution in [0.25, 0.3) is 0 Å². The summed E-state index contributed by atoms with van der Waals surface area (Å²) in [4.78, 5) is 18.2. The van der Waals surface area contributed by atoms with E-state index in [1.807, 2.05) is 16.9 Å². The fourth-order valence-electron chi connectivity index (χ4n) is 4.74. The Labute approximate surface area is 168 Å². The van der Waals surface area contributed by atoms with Crippen LogP contribution in [0.1, 0.15) is 38.5 Å². The third-order valence-electron chi connectivity index (χ3n) is 6.18. The molecule has 3 aliphatic heterocycles. The molecule has 0 bridgehead atoms.